The second-order valence-electron chi connectivity index (χ2n) is 8.74. The van der Waals surface area contributed by atoms with Crippen LogP contribution in [0.25, 0.3) is 11.1 Å². The summed E-state index contributed by atoms with van der Waals surface area (Å²) in [6.07, 6.45) is 10.8. The summed E-state index contributed by atoms with van der Waals surface area (Å²) < 4.78 is 14.8. The van der Waals surface area contributed by atoms with Gasteiger partial charge in [-0.1, -0.05) is 62.1 Å². The first-order chi connectivity index (χ1) is 13.1. The quantitative estimate of drug-likeness (QED) is 0.497. The number of hydrogen-bond acceptors (Lipinski definition) is 0. The average molecular weight is 385 g/mol. The number of rotatable bonds is 4. The minimum atomic E-state index is -0.108. The first-order valence-corrected chi connectivity index (χ1v) is 11.1. The third kappa shape index (κ3) is 4.24. The van der Waals surface area contributed by atoms with Crippen LogP contribution in [0.5, 0.6) is 0 Å². The van der Waals surface area contributed by atoms with Gasteiger partial charge < -0.3 is 0 Å². The molecule has 4 rings (SSSR count). The highest BCUT2D eigenvalue weighted by Crippen LogP contribution is 2.48. The predicted molar refractivity (Wildman–Crippen MR) is 113 cm³/mol. The van der Waals surface area contributed by atoms with E-state index in [2.05, 4.69) is 13.0 Å². The molecule has 0 saturated heterocycles. The summed E-state index contributed by atoms with van der Waals surface area (Å²) in [5.74, 6) is 3.16. The zero-order valence-electron chi connectivity index (χ0n) is 16.3. The largest absolute Gasteiger partial charge is 0.206 e. The normalized spacial score (nSPS) is 28.0. The smallest absolute Gasteiger partial charge is 0.131 e. The Morgan fingerprint density at radius 3 is 2.41 bits per heavy atom. The van der Waals surface area contributed by atoms with Gasteiger partial charge in [0, 0.05) is 10.6 Å². The molecule has 2 aromatic carbocycles. The number of fused-ring (bicyclic) bond motifs is 1. The monoisotopic (exact) mass is 384 g/mol. The van der Waals surface area contributed by atoms with E-state index in [1.165, 1.54) is 56.9 Å². The molecular weight excluding hydrogens is 355 g/mol. The highest BCUT2D eigenvalue weighted by Gasteiger charge is 2.35. The van der Waals surface area contributed by atoms with Crippen LogP contribution in [0.3, 0.4) is 0 Å². The van der Waals surface area contributed by atoms with Crippen LogP contribution in [0.1, 0.15) is 69.8 Å². The van der Waals surface area contributed by atoms with E-state index in [-0.39, 0.29) is 5.82 Å². The Hall–Kier alpha value is -1.34. The Labute approximate surface area is 168 Å². The number of halogens is 2. The second-order valence-corrected chi connectivity index (χ2v) is 9.18. The lowest BCUT2D eigenvalue weighted by molar-refractivity contribution is 0.114. The summed E-state index contributed by atoms with van der Waals surface area (Å²) >= 11 is 5.95. The lowest BCUT2D eigenvalue weighted by Crippen LogP contribution is -2.30. The van der Waals surface area contributed by atoms with Gasteiger partial charge in [-0.05, 0) is 85.1 Å². The molecule has 0 bridgehead atoms. The van der Waals surface area contributed by atoms with Crippen LogP contribution in [-0.2, 0) is 0 Å². The van der Waals surface area contributed by atoms with Gasteiger partial charge in [-0.25, -0.2) is 4.39 Å². The summed E-state index contributed by atoms with van der Waals surface area (Å²) in [5.41, 5.74) is 2.75. The maximum Gasteiger partial charge on any atom is 0.131 e. The number of benzene rings is 2. The Balaban J connectivity index is 1.45. The van der Waals surface area contributed by atoms with Crippen molar-refractivity contribution in [3.8, 4) is 11.1 Å². The van der Waals surface area contributed by atoms with Crippen LogP contribution in [0.2, 0.25) is 5.02 Å². The molecule has 4 atom stereocenters. The molecule has 4 unspecified atom stereocenters. The van der Waals surface area contributed by atoms with Crippen LogP contribution in [-0.4, -0.2) is 0 Å². The van der Waals surface area contributed by atoms with Crippen molar-refractivity contribution < 1.29 is 4.39 Å². The van der Waals surface area contributed by atoms with Gasteiger partial charge in [0.1, 0.15) is 5.82 Å². The Morgan fingerprint density at radius 2 is 1.67 bits per heavy atom. The fourth-order valence-corrected chi connectivity index (χ4v) is 5.73. The topological polar surface area (TPSA) is 0 Å². The van der Waals surface area contributed by atoms with Crippen molar-refractivity contribution in [2.45, 2.75) is 64.2 Å². The van der Waals surface area contributed by atoms with Crippen LogP contribution in [0, 0.1) is 23.6 Å². The Morgan fingerprint density at radius 1 is 0.926 bits per heavy atom. The SMILES string of the molecule is CCCC1CCC2CC(c3ccc(-c4ccc(Cl)cc4)c(F)c3)CCC2C1. The van der Waals surface area contributed by atoms with Gasteiger partial charge in [-0.15, -0.1) is 0 Å². The molecule has 0 heterocycles. The molecule has 0 spiro atoms. The van der Waals surface area contributed by atoms with E-state index in [0.717, 1.165) is 23.3 Å². The molecule has 2 aromatic rings. The minimum absolute atomic E-state index is 0.108. The standard InChI is InChI=1S/C25H30ClF/c1-2-3-17-4-5-20-15-21(7-6-19(20)14-17)22-10-13-24(25(27)16-22)18-8-11-23(26)12-9-18/h8-13,16-17,19-21H,2-7,14-15H2,1H3. The summed E-state index contributed by atoms with van der Waals surface area (Å²) in [4.78, 5) is 0. The van der Waals surface area contributed by atoms with Gasteiger partial charge in [0.05, 0.1) is 0 Å². The lowest BCUT2D eigenvalue weighted by atomic mass is 9.63. The third-order valence-electron chi connectivity index (χ3n) is 7.04. The molecule has 0 radical (unpaired) electrons. The van der Waals surface area contributed by atoms with E-state index in [4.69, 9.17) is 11.6 Å². The minimum Gasteiger partial charge on any atom is -0.206 e. The highest BCUT2D eigenvalue weighted by molar-refractivity contribution is 6.30. The van der Waals surface area contributed by atoms with Crippen molar-refractivity contribution in [3.05, 3.63) is 58.9 Å². The predicted octanol–water partition coefficient (Wildman–Crippen LogP) is 8.25. The first-order valence-electron chi connectivity index (χ1n) is 10.7. The fourth-order valence-electron chi connectivity index (χ4n) is 5.61. The van der Waals surface area contributed by atoms with E-state index < -0.39 is 0 Å². The molecular formula is C25H30ClF. The molecule has 0 aliphatic heterocycles. The summed E-state index contributed by atoms with van der Waals surface area (Å²) in [6, 6.07) is 13.3. The van der Waals surface area contributed by atoms with E-state index in [1.807, 2.05) is 30.3 Å². The van der Waals surface area contributed by atoms with Gasteiger partial charge in [-0.2, -0.15) is 0 Å². The van der Waals surface area contributed by atoms with Crippen LogP contribution in [0.15, 0.2) is 42.5 Å². The summed E-state index contributed by atoms with van der Waals surface area (Å²) in [6.45, 7) is 2.31. The van der Waals surface area contributed by atoms with E-state index in [0.29, 0.717) is 16.5 Å². The molecule has 2 fully saturated rings. The summed E-state index contributed by atoms with van der Waals surface area (Å²) in [7, 11) is 0. The maximum absolute atomic E-state index is 14.8. The fraction of sp³-hybridized carbons (Fsp3) is 0.520. The molecule has 2 aliphatic carbocycles. The Kier molecular flexibility index (Phi) is 5.88. The zero-order valence-corrected chi connectivity index (χ0v) is 17.0. The lowest BCUT2D eigenvalue weighted by Gasteiger charge is -2.42. The first kappa shape index (κ1) is 19.0. The van der Waals surface area contributed by atoms with Crippen molar-refractivity contribution in [3.63, 3.8) is 0 Å². The van der Waals surface area contributed by atoms with Crippen molar-refractivity contribution >= 4 is 11.6 Å². The van der Waals surface area contributed by atoms with E-state index >= 15 is 0 Å². The maximum atomic E-state index is 14.8. The molecule has 0 aromatic heterocycles. The van der Waals surface area contributed by atoms with Crippen LogP contribution < -0.4 is 0 Å². The number of hydrogen-bond donors (Lipinski definition) is 0. The molecule has 0 amide bonds. The molecule has 2 heteroatoms. The molecule has 27 heavy (non-hydrogen) atoms. The molecule has 2 saturated carbocycles. The summed E-state index contributed by atoms with van der Waals surface area (Å²) in [5, 5.41) is 0.682. The Bertz CT molecular complexity index is 766. The van der Waals surface area contributed by atoms with Gasteiger partial charge >= 0.3 is 0 Å². The molecule has 144 valence electrons. The second kappa shape index (κ2) is 8.35. The molecule has 0 nitrogen and oxygen atoms in total. The van der Waals surface area contributed by atoms with Gasteiger partial charge in [0.25, 0.3) is 0 Å². The average Bonchev–Trinajstić information content (AvgIpc) is 2.68. The van der Waals surface area contributed by atoms with E-state index in [9.17, 15) is 4.39 Å². The molecule has 0 N–H and O–H groups in total. The van der Waals surface area contributed by atoms with Gasteiger partial charge in [0.2, 0.25) is 0 Å². The van der Waals surface area contributed by atoms with Crippen molar-refractivity contribution in [2.75, 3.05) is 0 Å². The third-order valence-corrected chi connectivity index (χ3v) is 7.29. The highest BCUT2D eigenvalue weighted by atomic mass is 35.5. The van der Waals surface area contributed by atoms with Crippen molar-refractivity contribution in [2.24, 2.45) is 17.8 Å². The van der Waals surface area contributed by atoms with Gasteiger partial charge in [0.15, 0.2) is 0 Å². The van der Waals surface area contributed by atoms with Crippen LogP contribution in [0.4, 0.5) is 4.39 Å². The van der Waals surface area contributed by atoms with Gasteiger partial charge in [-0.3, -0.25) is 0 Å². The van der Waals surface area contributed by atoms with E-state index in [1.54, 1.807) is 6.07 Å². The molecule has 2 aliphatic rings. The zero-order chi connectivity index (χ0) is 18.8. The van der Waals surface area contributed by atoms with Crippen molar-refractivity contribution in [1.29, 1.82) is 0 Å². The van der Waals surface area contributed by atoms with Crippen molar-refractivity contribution in [1.82, 2.24) is 0 Å². The van der Waals surface area contributed by atoms with Crippen LogP contribution >= 0.6 is 11.6 Å².